The van der Waals surface area contributed by atoms with Crippen molar-refractivity contribution in [1.29, 1.82) is 0 Å². The van der Waals surface area contributed by atoms with E-state index in [1.54, 1.807) is 6.92 Å². The van der Waals surface area contributed by atoms with Gasteiger partial charge in [-0.25, -0.2) is 4.79 Å². The van der Waals surface area contributed by atoms with Crippen LogP contribution in [0.3, 0.4) is 0 Å². The number of esters is 1. The smallest absolute Gasteiger partial charge is 0.341 e. The van der Waals surface area contributed by atoms with Crippen molar-refractivity contribution in [1.82, 2.24) is 0 Å². The zero-order valence-electron chi connectivity index (χ0n) is 19.5. The monoisotopic (exact) mass is 465 g/mol. The summed E-state index contributed by atoms with van der Waals surface area (Å²) < 4.78 is 11.0. The van der Waals surface area contributed by atoms with Crippen LogP contribution in [0.1, 0.15) is 54.6 Å². The maximum atomic E-state index is 12.7. The van der Waals surface area contributed by atoms with Crippen molar-refractivity contribution in [3.63, 3.8) is 0 Å². The van der Waals surface area contributed by atoms with Crippen molar-refractivity contribution in [2.45, 2.75) is 46.5 Å². The van der Waals surface area contributed by atoms with Crippen LogP contribution in [0.5, 0.6) is 5.75 Å². The summed E-state index contributed by atoms with van der Waals surface area (Å²) in [6, 6.07) is 16.0. The van der Waals surface area contributed by atoms with E-state index in [9.17, 15) is 9.59 Å². The zero-order chi connectivity index (χ0) is 23.6. The molecular formula is C27H31NO4S. The maximum Gasteiger partial charge on any atom is 0.341 e. The summed E-state index contributed by atoms with van der Waals surface area (Å²) in [5.74, 6) is 0.222. The Morgan fingerprint density at radius 3 is 2.39 bits per heavy atom. The number of hydrogen-bond donors (Lipinski definition) is 1. The molecule has 0 aliphatic carbocycles. The highest BCUT2D eigenvalue weighted by molar-refractivity contribution is 7.15. The molecule has 1 heterocycles. The van der Waals surface area contributed by atoms with Crippen LogP contribution in [0.15, 0.2) is 53.9 Å². The molecule has 174 valence electrons. The van der Waals surface area contributed by atoms with E-state index in [2.05, 4.69) is 24.4 Å². The number of thiophene rings is 1. The van der Waals surface area contributed by atoms with Gasteiger partial charge in [-0.15, -0.1) is 11.3 Å². The minimum atomic E-state index is -0.431. The fourth-order valence-corrected chi connectivity index (χ4v) is 4.43. The van der Waals surface area contributed by atoms with Crippen molar-refractivity contribution in [2.24, 2.45) is 0 Å². The lowest BCUT2D eigenvalue weighted by atomic mass is 10.0. The van der Waals surface area contributed by atoms with Crippen LogP contribution < -0.4 is 10.1 Å². The van der Waals surface area contributed by atoms with E-state index in [1.807, 2.05) is 48.7 Å². The van der Waals surface area contributed by atoms with Gasteiger partial charge in [0.05, 0.1) is 13.2 Å². The Kier molecular flexibility index (Phi) is 9.07. The van der Waals surface area contributed by atoms with E-state index in [1.165, 1.54) is 16.9 Å². The Balaban J connectivity index is 1.59. The van der Waals surface area contributed by atoms with E-state index in [0.29, 0.717) is 30.0 Å². The van der Waals surface area contributed by atoms with E-state index in [0.717, 1.165) is 35.3 Å². The summed E-state index contributed by atoms with van der Waals surface area (Å²) >= 11 is 1.34. The van der Waals surface area contributed by atoms with Crippen molar-refractivity contribution < 1.29 is 19.1 Å². The second kappa shape index (κ2) is 12.2. The molecule has 0 aliphatic heterocycles. The van der Waals surface area contributed by atoms with Gasteiger partial charge in [-0.2, -0.15) is 0 Å². The highest BCUT2D eigenvalue weighted by atomic mass is 32.1. The van der Waals surface area contributed by atoms with Gasteiger partial charge in [-0.1, -0.05) is 55.3 Å². The molecule has 0 atom stereocenters. The first kappa shape index (κ1) is 24.5. The normalized spacial score (nSPS) is 10.6. The Morgan fingerprint density at radius 2 is 1.73 bits per heavy atom. The third-order valence-corrected chi connectivity index (χ3v) is 6.06. The van der Waals surface area contributed by atoms with Crippen LogP contribution in [0.4, 0.5) is 5.00 Å². The number of amides is 1. The number of aryl methyl sites for hydroxylation is 2. The van der Waals surface area contributed by atoms with Gasteiger partial charge in [-0.3, -0.25) is 4.79 Å². The van der Waals surface area contributed by atoms with Crippen molar-refractivity contribution in [3.8, 4) is 16.9 Å². The second-order valence-electron chi connectivity index (χ2n) is 7.83. The fraction of sp³-hybridized carbons (Fsp3) is 0.333. The summed E-state index contributed by atoms with van der Waals surface area (Å²) in [5.41, 5.74) is 4.52. The first-order valence-corrected chi connectivity index (χ1v) is 12.3. The predicted octanol–water partition coefficient (Wildman–Crippen LogP) is 6.65. The highest BCUT2D eigenvalue weighted by Gasteiger charge is 2.22. The van der Waals surface area contributed by atoms with Gasteiger partial charge in [0.25, 0.3) is 0 Å². The molecule has 1 N–H and O–H groups in total. The average Bonchev–Trinajstić information content (AvgIpc) is 3.22. The molecule has 0 radical (unpaired) electrons. The number of hydrogen-bond acceptors (Lipinski definition) is 5. The molecule has 6 heteroatoms. The molecule has 0 saturated heterocycles. The Hall–Kier alpha value is -3.12. The second-order valence-corrected chi connectivity index (χ2v) is 8.71. The Morgan fingerprint density at radius 1 is 1.00 bits per heavy atom. The number of anilines is 1. The first-order chi connectivity index (χ1) is 16.0. The largest absolute Gasteiger partial charge is 0.494 e. The van der Waals surface area contributed by atoms with E-state index >= 15 is 0 Å². The van der Waals surface area contributed by atoms with Crippen LogP contribution in [-0.4, -0.2) is 25.1 Å². The molecule has 3 rings (SSSR count). The van der Waals surface area contributed by atoms with Gasteiger partial charge in [-0.05, 0) is 49.9 Å². The molecule has 3 aromatic rings. The van der Waals surface area contributed by atoms with Crippen molar-refractivity contribution >= 4 is 28.2 Å². The first-order valence-electron chi connectivity index (χ1n) is 11.4. The molecule has 0 unspecified atom stereocenters. The number of carbonyl (C=O) groups is 2. The van der Waals surface area contributed by atoms with Gasteiger partial charge in [0.15, 0.2) is 0 Å². The quantitative estimate of drug-likeness (QED) is 0.254. The molecule has 33 heavy (non-hydrogen) atoms. The summed E-state index contributed by atoms with van der Waals surface area (Å²) in [5, 5.41) is 5.30. The highest BCUT2D eigenvalue weighted by Crippen LogP contribution is 2.36. The molecule has 5 nitrogen and oxygen atoms in total. The van der Waals surface area contributed by atoms with E-state index in [-0.39, 0.29) is 12.5 Å². The molecule has 0 spiro atoms. The Bertz CT molecular complexity index is 1050. The van der Waals surface area contributed by atoms with Gasteiger partial charge >= 0.3 is 5.97 Å². The molecular weight excluding hydrogens is 434 g/mol. The van der Waals surface area contributed by atoms with Gasteiger partial charge in [0, 0.05) is 17.4 Å². The van der Waals surface area contributed by atoms with E-state index < -0.39 is 5.97 Å². The molecule has 2 aromatic carbocycles. The molecule has 1 amide bonds. The lowest BCUT2D eigenvalue weighted by molar-refractivity contribution is -0.116. The van der Waals surface area contributed by atoms with Crippen LogP contribution in [-0.2, 0) is 16.0 Å². The SMILES string of the molecule is CCCc1ccc(OCCCC(=O)Nc2scc(-c3ccc(C)cc3)c2C(=O)OCC)cc1. The zero-order valence-corrected chi connectivity index (χ0v) is 20.3. The predicted molar refractivity (Wildman–Crippen MR) is 134 cm³/mol. The van der Waals surface area contributed by atoms with Crippen LogP contribution in [0, 0.1) is 6.92 Å². The molecule has 0 fully saturated rings. The molecule has 0 bridgehead atoms. The van der Waals surface area contributed by atoms with Crippen molar-refractivity contribution in [2.75, 3.05) is 18.5 Å². The third kappa shape index (κ3) is 6.93. The summed E-state index contributed by atoms with van der Waals surface area (Å²) in [6.07, 6.45) is 3.05. The number of ether oxygens (including phenoxy) is 2. The van der Waals surface area contributed by atoms with Crippen LogP contribution >= 0.6 is 11.3 Å². The number of nitrogens with one attached hydrogen (secondary N) is 1. The molecule has 0 saturated carbocycles. The van der Waals surface area contributed by atoms with Crippen LogP contribution in [0.25, 0.3) is 11.1 Å². The lowest BCUT2D eigenvalue weighted by Gasteiger charge is -2.10. The average molecular weight is 466 g/mol. The maximum absolute atomic E-state index is 12.7. The minimum Gasteiger partial charge on any atom is -0.494 e. The summed E-state index contributed by atoms with van der Waals surface area (Å²) in [6.45, 7) is 6.66. The molecule has 0 aliphatic rings. The Labute approximate surface area is 199 Å². The van der Waals surface area contributed by atoms with Crippen molar-refractivity contribution in [3.05, 3.63) is 70.6 Å². The van der Waals surface area contributed by atoms with Gasteiger partial charge < -0.3 is 14.8 Å². The lowest BCUT2D eigenvalue weighted by Crippen LogP contribution is -2.15. The third-order valence-electron chi connectivity index (χ3n) is 5.17. The van der Waals surface area contributed by atoms with Gasteiger partial charge in [0.1, 0.15) is 16.3 Å². The topological polar surface area (TPSA) is 64.6 Å². The standard InChI is InChI=1S/C27H31NO4S/c1-4-7-20-11-15-22(16-12-20)32-17-6-8-24(29)28-26-25(27(30)31-5-2)23(18-33-26)21-13-9-19(3)10-14-21/h9-16,18H,4-8,17H2,1-3H3,(H,28,29). The van der Waals surface area contributed by atoms with E-state index in [4.69, 9.17) is 9.47 Å². The number of rotatable bonds is 11. The fourth-order valence-electron chi connectivity index (χ4n) is 3.45. The summed E-state index contributed by atoms with van der Waals surface area (Å²) in [7, 11) is 0. The number of carbonyl (C=O) groups excluding carboxylic acids is 2. The number of benzene rings is 2. The summed E-state index contributed by atoms with van der Waals surface area (Å²) in [4.78, 5) is 25.2. The minimum absolute atomic E-state index is 0.153. The molecule has 1 aromatic heterocycles. The van der Waals surface area contributed by atoms with Gasteiger partial charge in [0.2, 0.25) is 5.91 Å². The van der Waals surface area contributed by atoms with Crippen LogP contribution in [0.2, 0.25) is 0 Å².